The van der Waals surface area contributed by atoms with Gasteiger partial charge in [-0.05, 0) is 24.1 Å². The minimum Gasteiger partial charge on any atom is -0.497 e. The van der Waals surface area contributed by atoms with Crippen LogP contribution >= 0.6 is 0 Å². The molecule has 0 aliphatic rings. The summed E-state index contributed by atoms with van der Waals surface area (Å²) in [7, 11) is 3.39. The largest absolute Gasteiger partial charge is 0.497 e. The Labute approximate surface area is 119 Å². The molecule has 0 saturated carbocycles. The van der Waals surface area contributed by atoms with Gasteiger partial charge in [0.1, 0.15) is 5.75 Å². The van der Waals surface area contributed by atoms with E-state index < -0.39 is 0 Å². The first-order valence-corrected chi connectivity index (χ1v) is 6.70. The van der Waals surface area contributed by atoms with Gasteiger partial charge >= 0.3 is 0 Å². The first-order chi connectivity index (χ1) is 9.83. The van der Waals surface area contributed by atoms with Gasteiger partial charge in [-0.15, -0.1) is 0 Å². The molecule has 0 unspecified atom stereocenters. The molecule has 0 radical (unpaired) electrons. The third kappa shape index (κ3) is 3.99. The summed E-state index contributed by atoms with van der Waals surface area (Å²) in [5.74, 6) is 1.75. The fourth-order valence-corrected chi connectivity index (χ4v) is 1.99. The van der Waals surface area contributed by atoms with Gasteiger partial charge in [0, 0.05) is 32.7 Å². The van der Waals surface area contributed by atoms with Crippen molar-refractivity contribution in [3.8, 4) is 5.75 Å². The Hall–Kier alpha value is -2.01. The quantitative estimate of drug-likeness (QED) is 0.752. The molecule has 0 aliphatic heterocycles. The van der Waals surface area contributed by atoms with Gasteiger partial charge in [0.2, 0.25) is 5.95 Å². The van der Waals surface area contributed by atoms with Crippen LogP contribution in [0, 0.1) is 0 Å². The van der Waals surface area contributed by atoms with Crippen LogP contribution in [0.25, 0.3) is 0 Å². The van der Waals surface area contributed by atoms with Crippen LogP contribution in [-0.2, 0) is 11.3 Å². The van der Waals surface area contributed by atoms with Gasteiger partial charge in [-0.25, -0.2) is 4.98 Å². The number of nitrogens with one attached hydrogen (secondary N) is 1. The maximum absolute atomic E-state index is 5.24. The Morgan fingerprint density at radius 3 is 3.00 bits per heavy atom. The van der Waals surface area contributed by atoms with Crippen LogP contribution < -0.4 is 10.1 Å². The van der Waals surface area contributed by atoms with Crippen molar-refractivity contribution < 1.29 is 9.47 Å². The lowest BCUT2D eigenvalue weighted by Crippen LogP contribution is -2.10. The number of nitrogens with zero attached hydrogens (tertiary/aromatic N) is 2. The number of rotatable bonds is 8. The summed E-state index contributed by atoms with van der Waals surface area (Å²) in [5, 5.41) is 3.32. The van der Waals surface area contributed by atoms with Gasteiger partial charge in [0.15, 0.2) is 0 Å². The summed E-state index contributed by atoms with van der Waals surface area (Å²) in [6, 6.07) is 8.06. The zero-order valence-electron chi connectivity index (χ0n) is 12.0. The predicted octanol–water partition coefficient (Wildman–Crippen LogP) is 2.39. The number of imidazole rings is 1. The average molecular weight is 275 g/mol. The van der Waals surface area contributed by atoms with Crippen LogP contribution in [0.3, 0.4) is 0 Å². The molecule has 0 fully saturated rings. The molecule has 0 saturated heterocycles. The molecular weight excluding hydrogens is 254 g/mol. The van der Waals surface area contributed by atoms with Gasteiger partial charge in [0.05, 0.1) is 13.7 Å². The molecule has 1 aromatic heterocycles. The van der Waals surface area contributed by atoms with Crippen molar-refractivity contribution in [3.63, 3.8) is 0 Å². The van der Waals surface area contributed by atoms with Gasteiger partial charge < -0.3 is 19.4 Å². The van der Waals surface area contributed by atoms with Crippen LogP contribution in [0.4, 0.5) is 5.95 Å². The van der Waals surface area contributed by atoms with Crippen LogP contribution in [0.2, 0.25) is 0 Å². The summed E-state index contributed by atoms with van der Waals surface area (Å²) in [4.78, 5) is 4.33. The van der Waals surface area contributed by atoms with Crippen molar-refractivity contribution in [2.24, 2.45) is 0 Å². The molecule has 5 nitrogen and oxygen atoms in total. The molecule has 0 aliphatic carbocycles. The van der Waals surface area contributed by atoms with E-state index in [1.54, 1.807) is 20.4 Å². The molecule has 0 spiro atoms. The topological polar surface area (TPSA) is 48.3 Å². The van der Waals surface area contributed by atoms with Gasteiger partial charge in [-0.3, -0.25) is 0 Å². The van der Waals surface area contributed by atoms with Crippen LogP contribution in [0.5, 0.6) is 5.75 Å². The Bertz CT molecular complexity index is 525. The Balaban J connectivity index is 1.97. The minimum absolute atomic E-state index is 0.754. The summed E-state index contributed by atoms with van der Waals surface area (Å²) in [6.45, 7) is 2.37. The fraction of sp³-hybridized carbons (Fsp3) is 0.400. The molecule has 1 N–H and O–H groups in total. The van der Waals surface area contributed by atoms with Crippen molar-refractivity contribution in [2.45, 2.75) is 13.0 Å². The van der Waals surface area contributed by atoms with Crippen molar-refractivity contribution in [2.75, 3.05) is 32.7 Å². The lowest BCUT2D eigenvalue weighted by atomic mass is 10.2. The van der Waals surface area contributed by atoms with Crippen molar-refractivity contribution in [3.05, 3.63) is 42.2 Å². The summed E-state index contributed by atoms with van der Waals surface area (Å²) in [6.07, 6.45) is 4.74. The summed E-state index contributed by atoms with van der Waals surface area (Å²) < 4.78 is 12.4. The maximum atomic E-state index is 5.24. The van der Waals surface area contributed by atoms with Gasteiger partial charge in [-0.1, -0.05) is 12.1 Å². The highest BCUT2D eigenvalue weighted by Crippen LogP contribution is 2.15. The molecule has 2 aromatic rings. The number of hydrogen-bond donors (Lipinski definition) is 1. The number of aromatic nitrogens is 2. The second kappa shape index (κ2) is 7.55. The first kappa shape index (κ1) is 14.4. The average Bonchev–Trinajstić information content (AvgIpc) is 2.91. The van der Waals surface area contributed by atoms with Gasteiger partial charge in [0.25, 0.3) is 0 Å². The van der Waals surface area contributed by atoms with E-state index in [0.29, 0.717) is 0 Å². The molecule has 1 aromatic carbocycles. The number of methoxy groups -OCH3 is 2. The van der Waals surface area contributed by atoms with E-state index in [-0.39, 0.29) is 0 Å². The van der Waals surface area contributed by atoms with Crippen LogP contribution in [0.1, 0.15) is 12.0 Å². The van der Waals surface area contributed by atoms with E-state index in [4.69, 9.17) is 9.47 Å². The fourth-order valence-electron chi connectivity index (χ4n) is 1.99. The highest BCUT2D eigenvalue weighted by atomic mass is 16.5. The third-order valence-electron chi connectivity index (χ3n) is 3.01. The lowest BCUT2D eigenvalue weighted by Gasteiger charge is -2.10. The molecule has 5 heteroatoms. The molecule has 2 rings (SSSR count). The van der Waals surface area contributed by atoms with Crippen LogP contribution in [0.15, 0.2) is 36.7 Å². The smallest absolute Gasteiger partial charge is 0.203 e. The Morgan fingerprint density at radius 1 is 1.30 bits per heavy atom. The molecule has 108 valence electrons. The van der Waals surface area contributed by atoms with E-state index in [1.165, 1.54) is 5.56 Å². The SMILES string of the molecule is COCCCNc1nccn1Cc1cccc(OC)c1. The predicted molar refractivity (Wildman–Crippen MR) is 79.3 cm³/mol. The molecule has 0 bridgehead atoms. The van der Waals surface area contributed by atoms with Crippen molar-refractivity contribution >= 4 is 5.95 Å². The van der Waals surface area contributed by atoms with Crippen molar-refractivity contribution in [1.82, 2.24) is 9.55 Å². The monoisotopic (exact) mass is 275 g/mol. The van der Waals surface area contributed by atoms with E-state index in [1.807, 2.05) is 24.4 Å². The standard InChI is InChI=1S/C15H21N3O2/c1-19-10-4-7-16-15-17-8-9-18(15)12-13-5-3-6-14(11-13)20-2/h3,5-6,8-9,11H,4,7,10,12H2,1-2H3,(H,16,17). The molecular formula is C15H21N3O2. The van der Waals surface area contributed by atoms with E-state index in [9.17, 15) is 0 Å². The Morgan fingerprint density at radius 2 is 2.20 bits per heavy atom. The van der Waals surface area contributed by atoms with E-state index >= 15 is 0 Å². The van der Waals surface area contributed by atoms with E-state index in [0.717, 1.165) is 37.8 Å². The van der Waals surface area contributed by atoms with Gasteiger partial charge in [-0.2, -0.15) is 0 Å². The van der Waals surface area contributed by atoms with Crippen LogP contribution in [-0.4, -0.2) is 36.9 Å². The van der Waals surface area contributed by atoms with Crippen molar-refractivity contribution in [1.29, 1.82) is 0 Å². The number of benzene rings is 1. The maximum Gasteiger partial charge on any atom is 0.203 e. The zero-order valence-corrected chi connectivity index (χ0v) is 12.0. The normalized spacial score (nSPS) is 10.5. The molecule has 20 heavy (non-hydrogen) atoms. The second-order valence-corrected chi connectivity index (χ2v) is 4.50. The summed E-state index contributed by atoms with van der Waals surface area (Å²) >= 11 is 0. The Kier molecular flexibility index (Phi) is 5.43. The third-order valence-corrected chi connectivity index (χ3v) is 3.01. The second-order valence-electron chi connectivity index (χ2n) is 4.50. The summed E-state index contributed by atoms with van der Waals surface area (Å²) in [5.41, 5.74) is 1.18. The first-order valence-electron chi connectivity index (χ1n) is 6.70. The molecule has 0 amide bonds. The number of hydrogen-bond acceptors (Lipinski definition) is 4. The minimum atomic E-state index is 0.754. The zero-order chi connectivity index (χ0) is 14.2. The van der Waals surface area contributed by atoms with E-state index in [2.05, 4.69) is 20.9 Å². The highest BCUT2D eigenvalue weighted by molar-refractivity contribution is 5.31. The molecule has 1 heterocycles. The lowest BCUT2D eigenvalue weighted by molar-refractivity contribution is 0.197. The number of anilines is 1. The molecule has 0 atom stereocenters. The highest BCUT2D eigenvalue weighted by Gasteiger charge is 2.03. The number of ether oxygens (including phenoxy) is 2.